The normalized spacial score (nSPS) is 10.6. The molecule has 0 radical (unpaired) electrons. The van der Waals surface area contributed by atoms with Gasteiger partial charge in [-0.25, -0.2) is 4.39 Å². The minimum Gasteiger partial charge on any atom is -0.497 e. The van der Waals surface area contributed by atoms with Gasteiger partial charge >= 0.3 is 0 Å². The maximum Gasteiger partial charge on any atom is 0.257 e. The average molecular weight is 368 g/mol. The molecule has 0 saturated carbocycles. The molecule has 27 heavy (non-hydrogen) atoms. The first kappa shape index (κ1) is 18.5. The number of rotatable bonds is 5. The van der Waals surface area contributed by atoms with Crippen LogP contribution >= 0.6 is 0 Å². The molecule has 1 N–H and O–H groups in total. The number of methoxy groups -OCH3 is 2. The van der Waals surface area contributed by atoms with E-state index >= 15 is 0 Å². The molecule has 0 unspecified atom stereocenters. The van der Waals surface area contributed by atoms with Crippen molar-refractivity contribution < 1.29 is 18.7 Å². The summed E-state index contributed by atoms with van der Waals surface area (Å²) in [6, 6.07) is 13.4. The van der Waals surface area contributed by atoms with E-state index in [1.54, 1.807) is 61.1 Å². The summed E-state index contributed by atoms with van der Waals surface area (Å²) in [7, 11) is 3.08. The molecule has 3 aromatic rings. The molecule has 1 aromatic heterocycles. The number of para-hydroxylation sites is 1. The Morgan fingerprint density at radius 1 is 1.04 bits per heavy atom. The molecule has 0 aliphatic rings. The summed E-state index contributed by atoms with van der Waals surface area (Å²) in [6.45, 7) is 3.62. The Morgan fingerprint density at radius 2 is 1.78 bits per heavy atom. The third kappa shape index (κ3) is 3.51. The van der Waals surface area contributed by atoms with Crippen LogP contribution in [0.15, 0.2) is 48.5 Å². The molecule has 5 nitrogen and oxygen atoms in total. The van der Waals surface area contributed by atoms with E-state index in [1.165, 1.54) is 13.2 Å². The van der Waals surface area contributed by atoms with Gasteiger partial charge < -0.3 is 19.4 Å². The Hall–Kier alpha value is -3.28. The fourth-order valence-corrected chi connectivity index (χ4v) is 3.10. The largest absolute Gasteiger partial charge is 0.497 e. The van der Waals surface area contributed by atoms with Crippen molar-refractivity contribution >= 4 is 11.6 Å². The van der Waals surface area contributed by atoms with E-state index in [2.05, 4.69) is 5.32 Å². The van der Waals surface area contributed by atoms with E-state index in [0.717, 1.165) is 5.69 Å². The summed E-state index contributed by atoms with van der Waals surface area (Å²) in [5.74, 6) is 0.466. The fourth-order valence-electron chi connectivity index (χ4n) is 3.10. The minimum atomic E-state index is -0.347. The highest BCUT2D eigenvalue weighted by Crippen LogP contribution is 2.30. The number of carbonyl (C=O) groups is 1. The number of benzene rings is 2. The lowest BCUT2D eigenvalue weighted by molar-refractivity contribution is 0.102. The second-order valence-corrected chi connectivity index (χ2v) is 6.09. The standard InChI is InChI=1S/C21H21FN2O3/c1-13-11-16(14(2)24(13)19-8-6-5-7-17(19)22)21(25)23-18-12-15(26-3)9-10-20(18)27-4/h5-12H,1-4H3,(H,23,25). The Labute approximate surface area is 157 Å². The number of nitrogens with one attached hydrogen (secondary N) is 1. The quantitative estimate of drug-likeness (QED) is 0.721. The van der Waals surface area contributed by atoms with Gasteiger partial charge in [-0.1, -0.05) is 12.1 Å². The number of aromatic nitrogens is 1. The first-order valence-corrected chi connectivity index (χ1v) is 8.43. The van der Waals surface area contributed by atoms with Crippen molar-refractivity contribution in [3.05, 3.63) is 71.3 Å². The van der Waals surface area contributed by atoms with E-state index in [-0.39, 0.29) is 11.7 Å². The summed E-state index contributed by atoms with van der Waals surface area (Å²) in [5.41, 5.74) is 2.78. The minimum absolute atomic E-state index is 0.308. The molecular formula is C21H21FN2O3. The zero-order chi connectivity index (χ0) is 19.6. The van der Waals surface area contributed by atoms with Crippen molar-refractivity contribution in [2.24, 2.45) is 0 Å². The number of nitrogens with zero attached hydrogens (tertiary/aromatic N) is 1. The second-order valence-electron chi connectivity index (χ2n) is 6.09. The van der Waals surface area contributed by atoms with Gasteiger partial charge in [0.05, 0.1) is 31.2 Å². The molecule has 1 amide bonds. The second kappa shape index (κ2) is 7.53. The predicted octanol–water partition coefficient (Wildman–Crippen LogP) is 4.50. The zero-order valence-corrected chi connectivity index (χ0v) is 15.7. The van der Waals surface area contributed by atoms with E-state index in [4.69, 9.17) is 9.47 Å². The van der Waals surface area contributed by atoms with Gasteiger partial charge in [0.2, 0.25) is 0 Å². The highest BCUT2D eigenvalue weighted by molar-refractivity contribution is 6.06. The van der Waals surface area contributed by atoms with E-state index < -0.39 is 0 Å². The number of carbonyl (C=O) groups excluding carboxylic acids is 1. The SMILES string of the molecule is COc1ccc(OC)c(NC(=O)c2cc(C)n(-c3ccccc3F)c2C)c1. The molecule has 0 aliphatic heterocycles. The molecule has 0 spiro atoms. The molecule has 0 atom stereocenters. The number of aryl methyl sites for hydroxylation is 1. The van der Waals surface area contributed by atoms with Crippen LogP contribution < -0.4 is 14.8 Å². The first-order chi connectivity index (χ1) is 13.0. The molecule has 6 heteroatoms. The Bertz CT molecular complexity index is 995. The lowest BCUT2D eigenvalue weighted by Crippen LogP contribution is -2.14. The Morgan fingerprint density at radius 3 is 2.44 bits per heavy atom. The van der Waals surface area contributed by atoms with Crippen molar-refractivity contribution in [1.82, 2.24) is 4.57 Å². The lowest BCUT2D eigenvalue weighted by Gasteiger charge is -2.13. The van der Waals surface area contributed by atoms with Gasteiger partial charge in [0.25, 0.3) is 5.91 Å². The molecule has 140 valence electrons. The first-order valence-electron chi connectivity index (χ1n) is 8.43. The van der Waals surface area contributed by atoms with E-state index in [0.29, 0.717) is 34.1 Å². The van der Waals surface area contributed by atoms with Gasteiger partial charge in [0.15, 0.2) is 0 Å². The van der Waals surface area contributed by atoms with Crippen molar-refractivity contribution in [2.45, 2.75) is 13.8 Å². The average Bonchev–Trinajstić information content (AvgIpc) is 2.96. The van der Waals surface area contributed by atoms with E-state index in [1.807, 2.05) is 6.92 Å². The number of halogens is 1. The van der Waals surface area contributed by atoms with Crippen LogP contribution in [0.25, 0.3) is 5.69 Å². The summed E-state index contributed by atoms with van der Waals surface area (Å²) < 4.78 is 26.5. The van der Waals surface area contributed by atoms with Crippen LogP contribution in [0.2, 0.25) is 0 Å². The lowest BCUT2D eigenvalue weighted by atomic mass is 10.2. The van der Waals surface area contributed by atoms with Gasteiger partial charge in [-0.3, -0.25) is 4.79 Å². The van der Waals surface area contributed by atoms with Crippen LogP contribution in [-0.4, -0.2) is 24.7 Å². The summed E-state index contributed by atoms with van der Waals surface area (Å²) >= 11 is 0. The van der Waals surface area contributed by atoms with Crippen LogP contribution in [0.1, 0.15) is 21.7 Å². The van der Waals surface area contributed by atoms with Crippen LogP contribution in [-0.2, 0) is 0 Å². The summed E-state index contributed by atoms with van der Waals surface area (Å²) in [6.07, 6.45) is 0. The van der Waals surface area contributed by atoms with Crippen molar-refractivity contribution in [3.63, 3.8) is 0 Å². The maximum atomic E-state index is 14.2. The fraction of sp³-hybridized carbons (Fsp3) is 0.190. The van der Waals surface area contributed by atoms with Crippen molar-refractivity contribution in [2.75, 3.05) is 19.5 Å². The smallest absolute Gasteiger partial charge is 0.257 e. The molecular weight excluding hydrogens is 347 g/mol. The number of amides is 1. The van der Waals surface area contributed by atoms with Gasteiger partial charge in [-0.15, -0.1) is 0 Å². The monoisotopic (exact) mass is 368 g/mol. The van der Waals surface area contributed by atoms with Crippen molar-refractivity contribution in [1.29, 1.82) is 0 Å². The van der Waals surface area contributed by atoms with Crippen LogP contribution in [0.4, 0.5) is 10.1 Å². The third-order valence-electron chi connectivity index (χ3n) is 4.42. The number of ether oxygens (including phenoxy) is 2. The summed E-state index contributed by atoms with van der Waals surface area (Å²) in [5, 5.41) is 2.85. The molecule has 0 saturated heterocycles. The predicted molar refractivity (Wildman–Crippen MR) is 103 cm³/mol. The Balaban J connectivity index is 1.98. The number of anilines is 1. The topological polar surface area (TPSA) is 52.5 Å². The van der Waals surface area contributed by atoms with Crippen LogP contribution in [0.5, 0.6) is 11.5 Å². The number of hydrogen-bond acceptors (Lipinski definition) is 3. The van der Waals surface area contributed by atoms with Gasteiger partial charge in [-0.2, -0.15) is 0 Å². The van der Waals surface area contributed by atoms with Gasteiger partial charge in [-0.05, 0) is 44.2 Å². The highest BCUT2D eigenvalue weighted by Gasteiger charge is 2.19. The number of hydrogen-bond donors (Lipinski definition) is 1. The molecule has 0 fully saturated rings. The molecule has 3 rings (SSSR count). The molecule has 0 aliphatic carbocycles. The van der Waals surface area contributed by atoms with Gasteiger partial charge in [0.1, 0.15) is 17.3 Å². The van der Waals surface area contributed by atoms with Crippen LogP contribution in [0.3, 0.4) is 0 Å². The van der Waals surface area contributed by atoms with Crippen LogP contribution in [0, 0.1) is 19.7 Å². The van der Waals surface area contributed by atoms with E-state index in [9.17, 15) is 9.18 Å². The molecule has 0 bridgehead atoms. The zero-order valence-electron chi connectivity index (χ0n) is 15.7. The third-order valence-corrected chi connectivity index (χ3v) is 4.42. The molecule has 2 aromatic carbocycles. The molecule has 1 heterocycles. The Kier molecular flexibility index (Phi) is 5.16. The summed E-state index contributed by atoms with van der Waals surface area (Å²) in [4.78, 5) is 12.9. The van der Waals surface area contributed by atoms with Gasteiger partial charge in [0, 0.05) is 17.5 Å². The maximum absolute atomic E-state index is 14.2. The van der Waals surface area contributed by atoms with Crippen molar-refractivity contribution in [3.8, 4) is 17.2 Å². The highest BCUT2D eigenvalue weighted by atomic mass is 19.1.